The molecule has 3 aliphatic rings. The summed E-state index contributed by atoms with van der Waals surface area (Å²) in [7, 11) is 2.15. The molecule has 3 aliphatic heterocycles. The smallest absolute Gasteiger partial charge is 0.320 e. The Kier molecular flexibility index (Phi) is 11.6. The molecule has 0 saturated carbocycles. The fourth-order valence-electron chi connectivity index (χ4n) is 8.17. The molecular weight excluding hydrogens is 703 g/mol. The molecule has 0 bridgehead atoms. The molecule has 0 N–H and O–H groups in total. The van der Waals surface area contributed by atoms with Gasteiger partial charge in [0.1, 0.15) is 31.4 Å². The number of rotatable bonds is 13. The van der Waals surface area contributed by atoms with Gasteiger partial charge in [-0.2, -0.15) is 15.2 Å². The van der Waals surface area contributed by atoms with Crippen LogP contribution in [0.25, 0.3) is 10.8 Å². The highest BCUT2D eigenvalue weighted by molar-refractivity contribution is 5.96. The molecular formula is C45H49N7O4. The van der Waals surface area contributed by atoms with Crippen molar-refractivity contribution in [3.8, 4) is 17.8 Å². The number of likely N-dealkylation sites (tertiary alicyclic amines) is 1. The van der Waals surface area contributed by atoms with E-state index in [9.17, 15) is 10.1 Å². The third-order valence-electron chi connectivity index (χ3n) is 11.3. The zero-order valence-corrected chi connectivity index (χ0v) is 32.1. The summed E-state index contributed by atoms with van der Waals surface area (Å²) >= 11 is 0. The largest absolute Gasteiger partial charge is 0.489 e. The quantitative estimate of drug-likeness (QED) is 0.125. The summed E-state index contributed by atoms with van der Waals surface area (Å²) in [6, 6.07) is 35.6. The summed E-state index contributed by atoms with van der Waals surface area (Å²) in [6.45, 7) is 5.61. The molecule has 0 radical (unpaired) electrons. The van der Waals surface area contributed by atoms with E-state index in [0.717, 1.165) is 82.8 Å². The number of anilines is 2. The van der Waals surface area contributed by atoms with E-state index in [0.29, 0.717) is 51.4 Å². The number of hydrogen-bond acceptors (Lipinski definition) is 11. The Labute approximate surface area is 329 Å². The average molecular weight is 752 g/mol. The summed E-state index contributed by atoms with van der Waals surface area (Å²) in [6.07, 6.45) is 3.27. The van der Waals surface area contributed by atoms with Gasteiger partial charge in [-0.3, -0.25) is 9.69 Å². The van der Waals surface area contributed by atoms with Gasteiger partial charge in [-0.15, -0.1) is 0 Å². The van der Waals surface area contributed by atoms with Crippen LogP contribution < -0.4 is 19.3 Å². The van der Waals surface area contributed by atoms with Crippen LogP contribution in [0.15, 0.2) is 97.1 Å². The van der Waals surface area contributed by atoms with Crippen LogP contribution in [0, 0.1) is 11.3 Å². The third kappa shape index (κ3) is 8.72. The number of hydrogen-bond donors (Lipinski definition) is 0. The number of likely N-dealkylation sites (N-methyl/N-ethyl adjacent to an activating group) is 1. The lowest BCUT2D eigenvalue weighted by atomic mass is 10.0. The Balaban J connectivity index is 1.04. The Bertz CT molecular complexity index is 2160. The Hall–Kier alpha value is -5.70. The molecule has 5 aromatic rings. The van der Waals surface area contributed by atoms with Gasteiger partial charge < -0.3 is 28.9 Å². The van der Waals surface area contributed by atoms with E-state index in [1.807, 2.05) is 48.5 Å². The van der Waals surface area contributed by atoms with Crippen molar-refractivity contribution in [2.24, 2.45) is 0 Å². The molecule has 11 heteroatoms. The van der Waals surface area contributed by atoms with Gasteiger partial charge in [0.2, 0.25) is 0 Å². The van der Waals surface area contributed by atoms with Crippen LogP contribution >= 0.6 is 0 Å². The van der Waals surface area contributed by atoms with Crippen molar-refractivity contribution in [2.75, 3.05) is 62.7 Å². The molecule has 0 unspecified atom stereocenters. The monoisotopic (exact) mass is 751 g/mol. The van der Waals surface area contributed by atoms with Crippen LogP contribution in [0.1, 0.15) is 41.6 Å². The minimum Gasteiger partial charge on any atom is -0.489 e. The molecule has 0 spiro atoms. The van der Waals surface area contributed by atoms with E-state index in [2.05, 4.69) is 81.2 Å². The second-order valence-electron chi connectivity index (χ2n) is 15.0. The van der Waals surface area contributed by atoms with Crippen LogP contribution in [-0.2, 0) is 35.7 Å². The second-order valence-corrected chi connectivity index (χ2v) is 15.0. The predicted molar refractivity (Wildman–Crippen MR) is 217 cm³/mol. The van der Waals surface area contributed by atoms with Gasteiger partial charge in [-0.1, -0.05) is 84.9 Å². The minimum atomic E-state index is -0.292. The molecule has 4 heterocycles. The van der Waals surface area contributed by atoms with Crippen molar-refractivity contribution in [3.05, 3.63) is 119 Å². The number of nitrogens with zero attached hydrogens (tertiary/aromatic N) is 7. The maximum Gasteiger partial charge on any atom is 0.320 e. The SMILES string of the molecule is CN1CCC[C@@H]1COc1nc2c(c(N3CCN(CC(=O)OCc4ccccc4)[C@@H](CC#N)C3)n1)CCN(c1cc(OCc3ccccc3)cc3ccccc13)C2. The van der Waals surface area contributed by atoms with E-state index in [-0.39, 0.29) is 31.6 Å². The number of carbonyl (C=O) groups is 1. The first kappa shape index (κ1) is 37.2. The first-order chi connectivity index (χ1) is 27.5. The predicted octanol–water partition coefficient (Wildman–Crippen LogP) is 6.39. The van der Waals surface area contributed by atoms with E-state index < -0.39 is 0 Å². The topological polar surface area (TPSA) is 107 Å². The summed E-state index contributed by atoms with van der Waals surface area (Å²) < 4.78 is 18.4. The number of esters is 1. The van der Waals surface area contributed by atoms with Gasteiger partial charge in [-0.05, 0) is 55.4 Å². The van der Waals surface area contributed by atoms with Crippen LogP contribution in [0.4, 0.5) is 11.5 Å². The maximum atomic E-state index is 13.0. The van der Waals surface area contributed by atoms with Crippen molar-refractivity contribution >= 4 is 28.2 Å². The van der Waals surface area contributed by atoms with E-state index >= 15 is 0 Å². The summed E-state index contributed by atoms with van der Waals surface area (Å²) in [5, 5.41) is 12.1. The minimum absolute atomic E-state index is 0.134. The van der Waals surface area contributed by atoms with Crippen LogP contribution in [-0.4, -0.2) is 90.7 Å². The molecule has 56 heavy (non-hydrogen) atoms. The summed E-state index contributed by atoms with van der Waals surface area (Å²) in [5.74, 6) is 1.40. The molecule has 8 rings (SSSR count). The molecule has 2 fully saturated rings. The Morgan fingerprint density at radius 2 is 1.61 bits per heavy atom. The van der Waals surface area contributed by atoms with Crippen molar-refractivity contribution in [1.82, 2.24) is 19.8 Å². The first-order valence-corrected chi connectivity index (χ1v) is 19.7. The maximum absolute atomic E-state index is 13.0. The van der Waals surface area contributed by atoms with E-state index in [1.165, 1.54) is 0 Å². The number of nitriles is 1. The average Bonchev–Trinajstić information content (AvgIpc) is 3.66. The number of carbonyl (C=O) groups excluding carboxylic acids is 1. The van der Waals surface area contributed by atoms with Crippen LogP contribution in [0.2, 0.25) is 0 Å². The number of benzene rings is 4. The highest BCUT2D eigenvalue weighted by atomic mass is 16.5. The molecule has 2 atom stereocenters. The van der Waals surface area contributed by atoms with Crippen LogP contribution in [0.5, 0.6) is 11.8 Å². The first-order valence-electron chi connectivity index (χ1n) is 19.7. The zero-order valence-electron chi connectivity index (χ0n) is 32.1. The number of fused-ring (bicyclic) bond motifs is 2. The fourth-order valence-corrected chi connectivity index (χ4v) is 8.17. The molecule has 288 valence electrons. The zero-order chi connectivity index (χ0) is 38.3. The van der Waals surface area contributed by atoms with E-state index in [4.69, 9.17) is 24.2 Å². The summed E-state index contributed by atoms with van der Waals surface area (Å²) in [5.41, 5.74) is 5.23. The number of piperazine rings is 1. The molecule has 1 aromatic heterocycles. The van der Waals surface area contributed by atoms with Crippen molar-refractivity contribution in [3.63, 3.8) is 0 Å². The fraction of sp³-hybridized carbons (Fsp3) is 0.378. The Morgan fingerprint density at radius 1 is 0.839 bits per heavy atom. The summed E-state index contributed by atoms with van der Waals surface area (Å²) in [4.78, 5) is 32.2. The Morgan fingerprint density at radius 3 is 2.38 bits per heavy atom. The molecule has 0 amide bonds. The lowest BCUT2D eigenvalue weighted by Crippen LogP contribution is -2.55. The van der Waals surface area contributed by atoms with E-state index in [1.54, 1.807) is 0 Å². The molecule has 0 aliphatic carbocycles. The van der Waals surface area contributed by atoms with Gasteiger partial charge in [0.15, 0.2) is 0 Å². The normalized spacial score (nSPS) is 18.7. The molecule has 2 saturated heterocycles. The van der Waals surface area contributed by atoms with Crippen molar-refractivity contribution in [1.29, 1.82) is 5.26 Å². The number of aromatic nitrogens is 2. The van der Waals surface area contributed by atoms with Gasteiger partial charge >= 0.3 is 12.0 Å². The standard InChI is InChI=1S/C45H49N7O4/c1-49-21-10-16-37(49)32-56-45-47-41-28-51(42-26-38(25-35-15-8-9-17-39(35)42)54-30-33-11-4-2-5-12-33)22-19-40(41)44(48-45)52-24-23-50(36(27-52)18-20-46)29-43(53)55-31-34-13-6-3-7-14-34/h2-9,11-15,17,25-26,36-37H,10,16,18-19,21-24,27-32H2,1H3/t36-,37+/m0/s1. The second kappa shape index (κ2) is 17.4. The van der Waals surface area contributed by atoms with Gasteiger partial charge in [0, 0.05) is 61.0 Å². The van der Waals surface area contributed by atoms with Crippen molar-refractivity contribution in [2.45, 2.75) is 57.5 Å². The lowest BCUT2D eigenvalue weighted by Gasteiger charge is -2.42. The molecule has 11 nitrogen and oxygen atoms in total. The number of ether oxygens (including phenoxy) is 3. The van der Waals surface area contributed by atoms with Crippen molar-refractivity contribution < 1.29 is 19.0 Å². The highest BCUT2D eigenvalue weighted by Gasteiger charge is 2.33. The lowest BCUT2D eigenvalue weighted by molar-refractivity contribution is -0.147. The van der Waals surface area contributed by atoms with Crippen LogP contribution in [0.3, 0.4) is 0 Å². The third-order valence-corrected chi connectivity index (χ3v) is 11.3. The van der Waals surface area contributed by atoms with Gasteiger partial charge in [0.25, 0.3) is 0 Å². The van der Waals surface area contributed by atoms with Gasteiger partial charge in [0.05, 0.1) is 31.3 Å². The van der Waals surface area contributed by atoms with Gasteiger partial charge in [-0.25, -0.2) is 0 Å². The molecule has 4 aromatic carbocycles. The highest BCUT2D eigenvalue weighted by Crippen LogP contribution is 2.37.